The number of aldehydes is 1. The standard InChI is InChI=1S/C24H30O9/c1-12-15-7-16(28)19-23(8-15,20(12)29)21(30)32-11-24(19)17(9-25)22(4,10-31-13(2)26)6-5-18(24)33-14(3)27/h9,15-19,28H,1,5-8,10-11H2,2-4H3/t15-,16-,17-,18+,19+,22+,23+,24+/m1/s1. The molecule has 1 N–H and O–H groups in total. The van der Waals surface area contributed by atoms with Crippen LogP contribution in [-0.4, -0.2) is 60.5 Å². The Kier molecular flexibility index (Phi) is 5.54. The number of carbonyl (C=O) groups is 5. The lowest BCUT2D eigenvalue weighted by molar-refractivity contribution is -0.257. The third-order valence-electron chi connectivity index (χ3n) is 8.55. The van der Waals surface area contributed by atoms with Gasteiger partial charge in [-0.25, -0.2) is 0 Å². The third-order valence-corrected chi connectivity index (χ3v) is 8.55. The van der Waals surface area contributed by atoms with Crippen molar-refractivity contribution in [1.29, 1.82) is 0 Å². The number of hydrogen-bond donors (Lipinski definition) is 1. The maximum atomic E-state index is 13.4. The topological polar surface area (TPSA) is 133 Å². The molecular weight excluding hydrogens is 432 g/mol. The largest absolute Gasteiger partial charge is 0.465 e. The van der Waals surface area contributed by atoms with Gasteiger partial charge in [-0.05, 0) is 37.2 Å². The molecule has 1 saturated heterocycles. The van der Waals surface area contributed by atoms with Crippen molar-refractivity contribution in [1.82, 2.24) is 0 Å². The van der Waals surface area contributed by atoms with E-state index in [1.807, 2.05) is 0 Å². The molecule has 1 heterocycles. The normalized spacial score (nSPS) is 44.1. The first-order chi connectivity index (χ1) is 15.4. The summed E-state index contributed by atoms with van der Waals surface area (Å²) < 4.78 is 16.6. The van der Waals surface area contributed by atoms with E-state index >= 15 is 0 Å². The molecule has 2 spiro atoms. The number of aliphatic hydroxyl groups is 1. The van der Waals surface area contributed by atoms with Crippen molar-refractivity contribution >= 4 is 30.0 Å². The van der Waals surface area contributed by atoms with E-state index in [1.54, 1.807) is 6.92 Å². The lowest BCUT2D eigenvalue weighted by atomic mass is 9.43. The highest BCUT2D eigenvalue weighted by Gasteiger charge is 2.77. The molecule has 180 valence electrons. The van der Waals surface area contributed by atoms with Crippen molar-refractivity contribution in [3.63, 3.8) is 0 Å². The molecule has 8 atom stereocenters. The summed E-state index contributed by atoms with van der Waals surface area (Å²) in [7, 11) is 0. The molecule has 0 radical (unpaired) electrons. The maximum absolute atomic E-state index is 13.4. The van der Waals surface area contributed by atoms with Crippen molar-refractivity contribution in [2.45, 2.75) is 58.7 Å². The highest BCUT2D eigenvalue weighted by Crippen LogP contribution is 2.68. The average Bonchev–Trinajstić information content (AvgIpc) is 2.93. The number of cyclic esters (lactones) is 1. The zero-order valence-electron chi connectivity index (χ0n) is 19.1. The minimum absolute atomic E-state index is 0.0761. The van der Waals surface area contributed by atoms with E-state index < -0.39 is 64.0 Å². The Morgan fingerprint density at radius 1 is 1.27 bits per heavy atom. The van der Waals surface area contributed by atoms with Gasteiger partial charge in [0, 0.05) is 31.1 Å². The van der Waals surface area contributed by atoms with Crippen LogP contribution in [0.3, 0.4) is 0 Å². The molecule has 9 nitrogen and oxygen atoms in total. The number of hydrogen-bond acceptors (Lipinski definition) is 9. The number of carbonyl (C=O) groups excluding carboxylic acids is 5. The second-order valence-electron chi connectivity index (χ2n) is 10.4. The van der Waals surface area contributed by atoms with Crippen molar-refractivity contribution in [3.05, 3.63) is 12.2 Å². The third kappa shape index (κ3) is 3.11. The van der Waals surface area contributed by atoms with Crippen LogP contribution in [-0.2, 0) is 38.2 Å². The molecule has 2 bridgehead atoms. The molecule has 3 saturated carbocycles. The number of allylic oxidation sites excluding steroid dienone is 1. The van der Waals surface area contributed by atoms with E-state index in [0.717, 1.165) is 0 Å². The van der Waals surface area contributed by atoms with Crippen LogP contribution < -0.4 is 0 Å². The molecule has 0 aromatic heterocycles. The zero-order chi connectivity index (χ0) is 24.3. The molecule has 33 heavy (non-hydrogen) atoms. The van der Waals surface area contributed by atoms with E-state index in [0.29, 0.717) is 12.7 Å². The van der Waals surface area contributed by atoms with Crippen LogP contribution in [0.5, 0.6) is 0 Å². The fraction of sp³-hybridized carbons (Fsp3) is 0.708. The molecule has 9 heteroatoms. The SMILES string of the molecule is C=C1C(=O)[C@]23C[C@H]1C[C@@H](O)[C@@H]2[C@]1(COC3=O)[C@@H](OC(C)=O)CC[C@@](C)(COC(C)=O)[C@H]1C=O. The van der Waals surface area contributed by atoms with Gasteiger partial charge in [-0.2, -0.15) is 0 Å². The zero-order valence-corrected chi connectivity index (χ0v) is 19.1. The first kappa shape index (κ1) is 23.6. The summed E-state index contributed by atoms with van der Waals surface area (Å²) in [5.74, 6) is -4.59. The predicted octanol–water partition coefficient (Wildman–Crippen LogP) is 1.15. The first-order valence-corrected chi connectivity index (χ1v) is 11.3. The second-order valence-corrected chi connectivity index (χ2v) is 10.4. The van der Waals surface area contributed by atoms with E-state index in [2.05, 4.69) is 6.58 Å². The molecular formula is C24H30O9. The lowest BCUT2D eigenvalue weighted by Gasteiger charge is -2.62. The van der Waals surface area contributed by atoms with Crippen LogP contribution in [0, 0.1) is 34.0 Å². The quantitative estimate of drug-likeness (QED) is 0.215. The summed E-state index contributed by atoms with van der Waals surface area (Å²) in [6, 6.07) is 0. The highest BCUT2D eigenvalue weighted by molar-refractivity contribution is 6.15. The van der Waals surface area contributed by atoms with Gasteiger partial charge >= 0.3 is 17.9 Å². The maximum Gasteiger partial charge on any atom is 0.320 e. The number of rotatable bonds is 4. The number of ketones is 1. The van der Waals surface area contributed by atoms with Gasteiger partial charge < -0.3 is 24.1 Å². The van der Waals surface area contributed by atoms with Crippen LogP contribution >= 0.6 is 0 Å². The van der Waals surface area contributed by atoms with Gasteiger partial charge in [-0.3, -0.25) is 19.2 Å². The lowest BCUT2D eigenvalue weighted by Crippen LogP contribution is -2.71. The van der Waals surface area contributed by atoms with Crippen LogP contribution in [0.4, 0.5) is 0 Å². The molecule has 4 aliphatic rings. The number of aliphatic hydroxyl groups excluding tert-OH is 1. The summed E-state index contributed by atoms with van der Waals surface area (Å²) in [5, 5.41) is 11.4. The number of fused-ring (bicyclic) bond motifs is 2. The van der Waals surface area contributed by atoms with Crippen LogP contribution in [0.1, 0.15) is 46.5 Å². The van der Waals surface area contributed by atoms with Gasteiger partial charge in [0.05, 0.1) is 18.1 Å². The first-order valence-electron chi connectivity index (χ1n) is 11.3. The molecule has 0 aromatic rings. The van der Waals surface area contributed by atoms with Gasteiger partial charge in [0.25, 0.3) is 0 Å². The van der Waals surface area contributed by atoms with Gasteiger partial charge in [0.2, 0.25) is 0 Å². The van der Waals surface area contributed by atoms with Crippen molar-refractivity contribution in [3.8, 4) is 0 Å². The van der Waals surface area contributed by atoms with E-state index in [9.17, 15) is 29.1 Å². The van der Waals surface area contributed by atoms with Gasteiger partial charge in [0.15, 0.2) is 5.78 Å². The van der Waals surface area contributed by atoms with Gasteiger partial charge in [0.1, 0.15) is 24.4 Å². The number of ether oxygens (including phenoxy) is 3. The van der Waals surface area contributed by atoms with E-state index in [1.165, 1.54) is 13.8 Å². The Labute approximate surface area is 191 Å². The Hall–Kier alpha value is -2.55. The van der Waals surface area contributed by atoms with Crippen LogP contribution in [0.25, 0.3) is 0 Å². The second kappa shape index (κ2) is 7.75. The Balaban J connectivity index is 1.92. The monoisotopic (exact) mass is 462 g/mol. The van der Waals surface area contributed by atoms with Crippen molar-refractivity contribution in [2.75, 3.05) is 13.2 Å². The van der Waals surface area contributed by atoms with Crippen molar-refractivity contribution in [2.24, 2.45) is 34.0 Å². The smallest absolute Gasteiger partial charge is 0.320 e. The molecule has 0 amide bonds. The summed E-state index contributed by atoms with van der Waals surface area (Å²) in [6.07, 6.45) is -0.251. The Morgan fingerprint density at radius 3 is 2.58 bits per heavy atom. The summed E-state index contributed by atoms with van der Waals surface area (Å²) in [5.41, 5.74) is -3.66. The van der Waals surface area contributed by atoms with E-state index in [4.69, 9.17) is 14.2 Å². The fourth-order valence-corrected chi connectivity index (χ4v) is 7.25. The minimum atomic E-state index is -1.68. The molecule has 0 unspecified atom stereocenters. The predicted molar refractivity (Wildman–Crippen MR) is 111 cm³/mol. The fourth-order valence-electron chi connectivity index (χ4n) is 7.25. The minimum Gasteiger partial charge on any atom is -0.465 e. The van der Waals surface area contributed by atoms with Gasteiger partial charge in [-0.15, -0.1) is 0 Å². The van der Waals surface area contributed by atoms with Crippen LogP contribution in [0.2, 0.25) is 0 Å². The summed E-state index contributed by atoms with van der Waals surface area (Å²) in [4.78, 5) is 63.0. The molecule has 3 aliphatic carbocycles. The summed E-state index contributed by atoms with van der Waals surface area (Å²) in [6.45, 7) is 7.80. The average molecular weight is 462 g/mol. The van der Waals surface area contributed by atoms with Crippen LogP contribution in [0.15, 0.2) is 12.2 Å². The number of esters is 3. The Morgan fingerprint density at radius 2 is 1.97 bits per heavy atom. The highest BCUT2D eigenvalue weighted by atomic mass is 16.6. The van der Waals surface area contributed by atoms with E-state index in [-0.39, 0.29) is 44.0 Å². The molecule has 0 aromatic carbocycles. The molecule has 4 rings (SSSR count). The molecule has 4 fully saturated rings. The van der Waals surface area contributed by atoms with Crippen molar-refractivity contribution < 1.29 is 43.3 Å². The molecule has 1 aliphatic heterocycles. The van der Waals surface area contributed by atoms with Gasteiger partial charge in [-0.1, -0.05) is 13.5 Å². The number of Topliss-reactive ketones (excluding diaryl/α,β-unsaturated/α-hetero) is 1. The Bertz CT molecular complexity index is 940. The summed E-state index contributed by atoms with van der Waals surface area (Å²) >= 11 is 0.